The number of nitrogen functional groups attached to an aromatic ring is 1. The molecule has 2 rings (SSSR count). The Morgan fingerprint density at radius 1 is 1.33 bits per heavy atom. The van der Waals surface area contributed by atoms with E-state index in [1.807, 2.05) is 25.1 Å². The molecular weight excluding hydrogens is 230 g/mol. The highest BCUT2D eigenvalue weighted by atomic mass is 16.5. The molecule has 0 aliphatic carbocycles. The number of hydrogen-bond acceptors (Lipinski definition) is 4. The van der Waals surface area contributed by atoms with Gasteiger partial charge in [0.05, 0.1) is 13.7 Å². The van der Waals surface area contributed by atoms with Gasteiger partial charge in [0, 0.05) is 11.6 Å². The summed E-state index contributed by atoms with van der Waals surface area (Å²) in [5.74, 6) is 1.05. The highest BCUT2D eigenvalue weighted by Crippen LogP contribution is 2.19. The smallest absolute Gasteiger partial charge is 0.267 e. The lowest BCUT2D eigenvalue weighted by Crippen LogP contribution is -2.23. The van der Waals surface area contributed by atoms with E-state index >= 15 is 0 Å². The summed E-state index contributed by atoms with van der Waals surface area (Å²) in [4.78, 5) is 11.7. The zero-order chi connectivity index (χ0) is 13.1. The van der Waals surface area contributed by atoms with Crippen LogP contribution in [0.3, 0.4) is 0 Å². The van der Waals surface area contributed by atoms with Gasteiger partial charge in [0.1, 0.15) is 11.6 Å². The Morgan fingerprint density at radius 2 is 2.11 bits per heavy atom. The Balaban J connectivity index is 2.42. The largest absolute Gasteiger partial charge is 0.496 e. The molecule has 0 saturated carbocycles. The van der Waals surface area contributed by atoms with Crippen LogP contribution < -0.4 is 16.0 Å². The topological polar surface area (TPSA) is 70.1 Å². The van der Waals surface area contributed by atoms with Crippen molar-refractivity contribution in [3.8, 4) is 5.75 Å². The minimum absolute atomic E-state index is 0.187. The summed E-state index contributed by atoms with van der Waals surface area (Å²) in [7, 11) is 1.60. The highest BCUT2D eigenvalue weighted by Gasteiger charge is 2.06. The van der Waals surface area contributed by atoms with Gasteiger partial charge in [-0.05, 0) is 19.1 Å². The van der Waals surface area contributed by atoms with Crippen LogP contribution in [0.2, 0.25) is 0 Å². The van der Waals surface area contributed by atoms with Crippen molar-refractivity contribution in [2.24, 2.45) is 0 Å². The third kappa shape index (κ3) is 2.51. The molecule has 0 fully saturated rings. The Morgan fingerprint density at radius 3 is 2.83 bits per heavy atom. The lowest BCUT2D eigenvalue weighted by atomic mass is 10.1. The molecule has 1 aromatic carbocycles. The van der Waals surface area contributed by atoms with E-state index in [-0.39, 0.29) is 5.56 Å². The van der Waals surface area contributed by atoms with Crippen LogP contribution in [0.1, 0.15) is 11.1 Å². The van der Waals surface area contributed by atoms with Crippen LogP contribution in [-0.2, 0) is 6.54 Å². The van der Waals surface area contributed by atoms with Gasteiger partial charge in [-0.1, -0.05) is 17.7 Å². The predicted molar refractivity (Wildman–Crippen MR) is 69.7 cm³/mol. The number of ether oxygens (including phenoxy) is 1. The standard InChI is InChI=1S/C13H15N3O2/c1-9-3-4-11(18-2)10(7-9)8-16-13(17)6-5-12(14)15-16/h3-7H,8H2,1-2H3,(H2,14,15). The van der Waals surface area contributed by atoms with Crippen molar-refractivity contribution in [2.75, 3.05) is 12.8 Å². The first kappa shape index (κ1) is 12.2. The van der Waals surface area contributed by atoms with Crippen molar-refractivity contribution in [2.45, 2.75) is 13.5 Å². The molecule has 0 unspecified atom stereocenters. The van der Waals surface area contributed by atoms with Gasteiger partial charge < -0.3 is 10.5 Å². The summed E-state index contributed by atoms with van der Waals surface area (Å²) in [6.45, 7) is 2.33. The van der Waals surface area contributed by atoms with E-state index in [0.29, 0.717) is 12.4 Å². The van der Waals surface area contributed by atoms with Gasteiger partial charge in [-0.3, -0.25) is 4.79 Å². The van der Waals surface area contributed by atoms with Crippen LogP contribution in [0.15, 0.2) is 35.1 Å². The fourth-order valence-corrected chi connectivity index (χ4v) is 1.77. The van der Waals surface area contributed by atoms with Gasteiger partial charge >= 0.3 is 0 Å². The first-order valence-electron chi connectivity index (χ1n) is 5.57. The molecule has 18 heavy (non-hydrogen) atoms. The van der Waals surface area contributed by atoms with Crippen molar-refractivity contribution in [3.63, 3.8) is 0 Å². The van der Waals surface area contributed by atoms with Crippen LogP contribution in [0.5, 0.6) is 5.75 Å². The first-order valence-corrected chi connectivity index (χ1v) is 5.57. The summed E-state index contributed by atoms with van der Waals surface area (Å²) in [6, 6.07) is 8.70. The minimum Gasteiger partial charge on any atom is -0.496 e. The van der Waals surface area contributed by atoms with Gasteiger partial charge in [0.25, 0.3) is 5.56 Å². The second kappa shape index (κ2) is 4.91. The summed E-state index contributed by atoms with van der Waals surface area (Å²) in [6.07, 6.45) is 0. The summed E-state index contributed by atoms with van der Waals surface area (Å²) in [5.41, 5.74) is 7.39. The molecule has 0 aliphatic rings. The van der Waals surface area contributed by atoms with Crippen molar-refractivity contribution >= 4 is 5.82 Å². The third-order valence-corrected chi connectivity index (χ3v) is 2.64. The van der Waals surface area contributed by atoms with Gasteiger partial charge in [0.2, 0.25) is 0 Å². The van der Waals surface area contributed by atoms with E-state index in [1.165, 1.54) is 16.8 Å². The van der Waals surface area contributed by atoms with Crippen molar-refractivity contribution in [1.29, 1.82) is 0 Å². The van der Waals surface area contributed by atoms with E-state index in [2.05, 4.69) is 5.10 Å². The Bertz CT molecular complexity index is 620. The first-order chi connectivity index (χ1) is 8.60. The molecule has 1 heterocycles. The molecular formula is C13H15N3O2. The highest BCUT2D eigenvalue weighted by molar-refractivity contribution is 5.37. The number of nitrogens with zero attached hydrogens (tertiary/aromatic N) is 2. The SMILES string of the molecule is COc1ccc(C)cc1Cn1nc(N)ccc1=O. The van der Waals surface area contributed by atoms with E-state index in [4.69, 9.17) is 10.5 Å². The molecule has 1 aromatic heterocycles. The summed E-state index contributed by atoms with van der Waals surface area (Å²) in [5, 5.41) is 4.00. The minimum atomic E-state index is -0.187. The second-order valence-corrected chi connectivity index (χ2v) is 4.07. The molecule has 5 heteroatoms. The van der Waals surface area contributed by atoms with Gasteiger partial charge in [-0.15, -0.1) is 0 Å². The molecule has 0 bridgehead atoms. The van der Waals surface area contributed by atoms with Crippen LogP contribution in [0.4, 0.5) is 5.82 Å². The van der Waals surface area contributed by atoms with Gasteiger partial charge in [0.15, 0.2) is 0 Å². The van der Waals surface area contributed by atoms with E-state index in [9.17, 15) is 4.79 Å². The zero-order valence-electron chi connectivity index (χ0n) is 10.4. The molecule has 0 atom stereocenters. The van der Waals surface area contributed by atoms with E-state index in [0.717, 1.165) is 16.9 Å². The van der Waals surface area contributed by atoms with E-state index < -0.39 is 0 Å². The molecule has 2 aromatic rings. The van der Waals surface area contributed by atoms with Gasteiger partial charge in [-0.2, -0.15) is 5.10 Å². The number of nitrogens with two attached hydrogens (primary N) is 1. The molecule has 0 amide bonds. The normalized spacial score (nSPS) is 10.3. The number of aromatic nitrogens is 2. The van der Waals surface area contributed by atoms with Crippen LogP contribution >= 0.6 is 0 Å². The van der Waals surface area contributed by atoms with Crippen molar-refractivity contribution < 1.29 is 4.74 Å². The van der Waals surface area contributed by atoms with Crippen LogP contribution in [-0.4, -0.2) is 16.9 Å². The maximum atomic E-state index is 11.7. The average Bonchev–Trinajstić information content (AvgIpc) is 2.34. The Kier molecular flexibility index (Phi) is 3.32. The Labute approximate surface area is 105 Å². The average molecular weight is 245 g/mol. The Hall–Kier alpha value is -2.30. The molecule has 94 valence electrons. The lowest BCUT2D eigenvalue weighted by Gasteiger charge is -2.10. The monoisotopic (exact) mass is 245 g/mol. The number of benzene rings is 1. The molecule has 0 saturated heterocycles. The molecule has 5 nitrogen and oxygen atoms in total. The third-order valence-electron chi connectivity index (χ3n) is 2.64. The maximum absolute atomic E-state index is 11.7. The van der Waals surface area contributed by atoms with Crippen molar-refractivity contribution in [1.82, 2.24) is 9.78 Å². The number of aryl methyl sites for hydroxylation is 1. The van der Waals surface area contributed by atoms with Crippen molar-refractivity contribution in [3.05, 3.63) is 51.8 Å². The fraction of sp³-hybridized carbons (Fsp3) is 0.231. The fourth-order valence-electron chi connectivity index (χ4n) is 1.77. The number of hydrogen-bond donors (Lipinski definition) is 1. The number of methoxy groups -OCH3 is 1. The molecule has 0 aliphatic heterocycles. The summed E-state index contributed by atoms with van der Waals surface area (Å²) >= 11 is 0. The number of anilines is 1. The molecule has 0 spiro atoms. The summed E-state index contributed by atoms with van der Waals surface area (Å²) < 4.78 is 6.59. The number of rotatable bonds is 3. The van der Waals surface area contributed by atoms with Crippen LogP contribution in [0, 0.1) is 6.92 Å². The maximum Gasteiger partial charge on any atom is 0.267 e. The quantitative estimate of drug-likeness (QED) is 0.881. The van der Waals surface area contributed by atoms with Gasteiger partial charge in [-0.25, -0.2) is 4.68 Å². The second-order valence-electron chi connectivity index (χ2n) is 4.07. The van der Waals surface area contributed by atoms with E-state index in [1.54, 1.807) is 7.11 Å². The molecule has 0 radical (unpaired) electrons. The predicted octanol–water partition coefficient (Wildman–Crippen LogP) is 1.19. The van der Waals surface area contributed by atoms with Crippen LogP contribution in [0.25, 0.3) is 0 Å². The molecule has 2 N–H and O–H groups in total. The lowest BCUT2D eigenvalue weighted by molar-refractivity contribution is 0.406. The zero-order valence-corrected chi connectivity index (χ0v) is 10.4.